The van der Waals surface area contributed by atoms with Crippen molar-refractivity contribution in [3.63, 3.8) is 0 Å². The summed E-state index contributed by atoms with van der Waals surface area (Å²) in [7, 11) is -1.64. The fourth-order valence-electron chi connectivity index (χ4n) is 1.07. The molecule has 0 spiro atoms. The van der Waals surface area contributed by atoms with Crippen molar-refractivity contribution in [2.24, 2.45) is 5.92 Å². The van der Waals surface area contributed by atoms with E-state index in [0.717, 1.165) is 18.9 Å². The molecule has 70 valence electrons. The van der Waals surface area contributed by atoms with Gasteiger partial charge in [-0.05, 0) is 32.0 Å². The van der Waals surface area contributed by atoms with Crippen molar-refractivity contribution in [2.75, 3.05) is 0 Å². The van der Waals surface area contributed by atoms with Gasteiger partial charge in [-0.2, -0.15) is 0 Å². The van der Waals surface area contributed by atoms with Gasteiger partial charge in [-0.3, -0.25) is 4.79 Å². The first kappa shape index (κ1) is 9.77. The summed E-state index contributed by atoms with van der Waals surface area (Å²) in [6.07, 6.45) is 3.30. The monoisotopic (exact) mass is 186 g/mol. The molecule has 1 fully saturated rings. The Kier molecular flexibility index (Phi) is 2.93. The maximum Gasteiger partial charge on any atom is 0.295 e. The molecule has 1 aliphatic carbocycles. The van der Waals surface area contributed by atoms with Gasteiger partial charge in [0, 0.05) is 0 Å². The minimum atomic E-state index is -1.64. The van der Waals surface area contributed by atoms with E-state index in [0.29, 0.717) is 0 Å². The molecule has 0 saturated heterocycles. The average Bonchev–Trinajstić information content (AvgIpc) is 1.82. The smallest absolute Gasteiger partial charge is 0.295 e. The normalized spacial score (nSPS) is 18.6. The van der Waals surface area contributed by atoms with Gasteiger partial charge in [-0.25, -0.2) is 0 Å². The Balaban J connectivity index is 2.34. The number of hydrogen-bond acceptors (Lipinski definition) is 2. The maximum atomic E-state index is 11.4. The molecule has 1 saturated carbocycles. The highest BCUT2D eigenvalue weighted by atomic mass is 28.4. The molecule has 0 heterocycles. The quantitative estimate of drug-likeness (QED) is 0.633. The van der Waals surface area contributed by atoms with Crippen molar-refractivity contribution in [1.29, 1.82) is 0 Å². The molecule has 0 atom stereocenters. The fraction of sp³-hybridized carbons (Fsp3) is 0.889. The van der Waals surface area contributed by atoms with Crippen molar-refractivity contribution in [2.45, 2.75) is 45.3 Å². The molecule has 2 nitrogen and oxygen atoms in total. The van der Waals surface area contributed by atoms with E-state index in [-0.39, 0.29) is 11.9 Å². The number of carbonyl (C=O) groups is 1. The Hall–Kier alpha value is -0.313. The van der Waals surface area contributed by atoms with Gasteiger partial charge in [-0.15, -0.1) is 0 Å². The summed E-state index contributed by atoms with van der Waals surface area (Å²) in [6, 6.07) is 1.02. The number of rotatable bonds is 3. The molecule has 0 aromatic heterocycles. The Morgan fingerprint density at radius 1 is 1.50 bits per heavy atom. The third-order valence-electron chi connectivity index (χ3n) is 2.67. The van der Waals surface area contributed by atoms with Crippen LogP contribution < -0.4 is 0 Å². The van der Waals surface area contributed by atoms with Crippen molar-refractivity contribution < 1.29 is 9.22 Å². The zero-order valence-electron chi connectivity index (χ0n) is 8.22. The third kappa shape index (κ3) is 2.34. The van der Waals surface area contributed by atoms with E-state index >= 15 is 0 Å². The molecule has 0 aromatic rings. The van der Waals surface area contributed by atoms with Gasteiger partial charge in [0.05, 0.1) is 5.92 Å². The Morgan fingerprint density at radius 2 is 2.08 bits per heavy atom. The second-order valence-electron chi connectivity index (χ2n) is 4.16. The molecule has 0 bridgehead atoms. The molecule has 0 N–H and O–H groups in total. The molecule has 0 unspecified atom stereocenters. The molecule has 0 radical (unpaired) electrons. The summed E-state index contributed by atoms with van der Waals surface area (Å²) in [5, 5.41) is 0. The topological polar surface area (TPSA) is 26.3 Å². The van der Waals surface area contributed by atoms with E-state index < -0.39 is 8.32 Å². The van der Waals surface area contributed by atoms with Crippen molar-refractivity contribution in [1.82, 2.24) is 0 Å². The molecule has 12 heavy (non-hydrogen) atoms. The lowest BCUT2D eigenvalue weighted by molar-refractivity contribution is -0.142. The van der Waals surface area contributed by atoms with Gasteiger partial charge in [0.15, 0.2) is 0 Å². The first-order valence-corrected chi connectivity index (χ1v) is 7.89. The van der Waals surface area contributed by atoms with Gasteiger partial charge in [0.25, 0.3) is 5.97 Å². The van der Waals surface area contributed by atoms with E-state index in [1.54, 1.807) is 0 Å². The van der Waals surface area contributed by atoms with Crippen molar-refractivity contribution in [3.05, 3.63) is 0 Å². The molecule has 1 rings (SSSR count). The summed E-state index contributed by atoms with van der Waals surface area (Å²) in [4.78, 5) is 11.4. The van der Waals surface area contributed by atoms with E-state index in [1.165, 1.54) is 6.42 Å². The van der Waals surface area contributed by atoms with E-state index in [4.69, 9.17) is 4.43 Å². The van der Waals surface area contributed by atoms with E-state index in [9.17, 15) is 4.79 Å². The van der Waals surface area contributed by atoms with E-state index in [2.05, 4.69) is 20.0 Å². The zero-order valence-corrected chi connectivity index (χ0v) is 9.22. The highest BCUT2D eigenvalue weighted by Crippen LogP contribution is 2.28. The van der Waals surface area contributed by atoms with Gasteiger partial charge in [0.2, 0.25) is 8.32 Å². The number of hydrogen-bond donors (Lipinski definition) is 0. The van der Waals surface area contributed by atoms with Crippen LogP contribution in [-0.4, -0.2) is 14.3 Å². The second kappa shape index (κ2) is 3.60. The zero-order chi connectivity index (χ0) is 9.19. The van der Waals surface area contributed by atoms with Crippen molar-refractivity contribution in [3.8, 4) is 0 Å². The van der Waals surface area contributed by atoms with Gasteiger partial charge >= 0.3 is 0 Å². The predicted octanol–water partition coefficient (Wildman–Crippen LogP) is 2.55. The van der Waals surface area contributed by atoms with Gasteiger partial charge in [0.1, 0.15) is 0 Å². The van der Waals surface area contributed by atoms with Crippen LogP contribution in [0.4, 0.5) is 0 Å². The summed E-state index contributed by atoms with van der Waals surface area (Å²) < 4.78 is 5.49. The van der Waals surface area contributed by atoms with Crippen LogP contribution in [0.15, 0.2) is 0 Å². The first-order valence-electron chi connectivity index (χ1n) is 4.78. The van der Waals surface area contributed by atoms with Crippen LogP contribution in [0.3, 0.4) is 0 Å². The van der Waals surface area contributed by atoms with Crippen LogP contribution in [0.25, 0.3) is 0 Å². The van der Waals surface area contributed by atoms with Crippen LogP contribution in [0, 0.1) is 5.92 Å². The Bertz CT molecular complexity index is 173. The van der Waals surface area contributed by atoms with Gasteiger partial charge < -0.3 is 4.43 Å². The Labute approximate surface area is 75.4 Å². The lowest BCUT2D eigenvalue weighted by Crippen LogP contribution is -2.37. The standard InChI is InChI=1S/C9H18O2Si/c1-4-12(2,3)11-9(10)8-6-5-7-8/h8H,4-7H2,1-3H3. The lowest BCUT2D eigenvalue weighted by Gasteiger charge is -2.28. The maximum absolute atomic E-state index is 11.4. The molecular formula is C9H18O2Si. The fourth-order valence-corrected chi connectivity index (χ4v) is 1.93. The summed E-state index contributed by atoms with van der Waals surface area (Å²) in [5.41, 5.74) is 0. The van der Waals surface area contributed by atoms with Crippen LogP contribution in [-0.2, 0) is 9.22 Å². The molecular weight excluding hydrogens is 168 g/mol. The minimum absolute atomic E-state index is 0.0692. The lowest BCUT2D eigenvalue weighted by atomic mass is 9.86. The minimum Gasteiger partial charge on any atom is -0.519 e. The molecule has 0 aliphatic heterocycles. The number of carbonyl (C=O) groups excluding carboxylic acids is 1. The molecule has 0 amide bonds. The highest BCUT2D eigenvalue weighted by molar-refractivity contribution is 6.72. The average molecular weight is 186 g/mol. The highest BCUT2D eigenvalue weighted by Gasteiger charge is 2.32. The van der Waals surface area contributed by atoms with Crippen molar-refractivity contribution >= 4 is 14.3 Å². The molecule has 1 aliphatic rings. The summed E-state index contributed by atoms with van der Waals surface area (Å²) in [5.74, 6) is 0.308. The summed E-state index contributed by atoms with van der Waals surface area (Å²) >= 11 is 0. The SMILES string of the molecule is CC[Si](C)(C)OC(=O)C1CCC1. The van der Waals surface area contributed by atoms with E-state index in [1.807, 2.05) is 0 Å². The van der Waals surface area contributed by atoms with Crippen LogP contribution in [0.2, 0.25) is 19.1 Å². The first-order chi connectivity index (χ1) is 5.55. The largest absolute Gasteiger partial charge is 0.519 e. The molecule has 3 heteroatoms. The molecule has 0 aromatic carbocycles. The van der Waals surface area contributed by atoms with Crippen LogP contribution >= 0.6 is 0 Å². The van der Waals surface area contributed by atoms with Crippen LogP contribution in [0.5, 0.6) is 0 Å². The van der Waals surface area contributed by atoms with Gasteiger partial charge in [-0.1, -0.05) is 13.3 Å². The second-order valence-corrected chi connectivity index (χ2v) is 8.59. The Morgan fingerprint density at radius 3 is 2.42 bits per heavy atom. The predicted molar refractivity (Wildman–Crippen MR) is 51.4 cm³/mol. The summed E-state index contributed by atoms with van der Waals surface area (Å²) in [6.45, 7) is 6.30. The third-order valence-corrected chi connectivity index (χ3v) is 5.12. The van der Waals surface area contributed by atoms with Crippen LogP contribution in [0.1, 0.15) is 26.2 Å².